The van der Waals surface area contributed by atoms with E-state index in [9.17, 15) is 4.79 Å². The van der Waals surface area contributed by atoms with Gasteiger partial charge in [0, 0.05) is 30.1 Å². The Labute approximate surface area is 125 Å². The molecule has 2 N–H and O–H groups in total. The second-order valence-electron chi connectivity index (χ2n) is 6.44. The van der Waals surface area contributed by atoms with Gasteiger partial charge < -0.3 is 10.6 Å². The van der Waals surface area contributed by atoms with Gasteiger partial charge in [-0.2, -0.15) is 11.8 Å². The van der Waals surface area contributed by atoms with Gasteiger partial charge in [0.25, 0.3) is 0 Å². The van der Waals surface area contributed by atoms with Crippen molar-refractivity contribution in [3.8, 4) is 0 Å². The highest BCUT2D eigenvalue weighted by Gasteiger charge is 2.28. The van der Waals surface area contributed by atoms with Crippen molar-refractivity contribution >= 4 is 29.0 Å². The number of rotatable bonds is 3. The molecule has 0 aliphatic carbocycles. The molecule has 0 saturated carbocycles. The summed E-state index contributed by atoms with van der Waals surface area (Å²) in [7, 11) is 0. The van der Waals surface area contributed by atoms with Crippen LogP contribution in [0.1, 0.15) is 32.8 Å². The predicted octanol–water partition coefficient (Wildman–Crippen LogP) is 3.90. The van der Waals surface area contributed by atoms with E-state index in [0.29, 0.717) is 11.5 Å². The zero-order valence-corrected chi connectivity index (χ0v) is 13.6. The van der Waals surface area contributed by atoms with Gasteiger partial charge in [0.15, 0.2) is 0 Å². The SMILES string of the molecule is CC(=O)Nc1ccc(C)c(NC2CSCC(C)(C)C2)c1. The van der Waals surface area contributed by atoms with Crippen LogP contribution in [0.15, 0.2) is 18.2 Å². The topological polar surface area (TPSA) is 41.1 Å². The number of thioether (sulfide) groups is 1. The van der Waals surface area contributed by atoms with E-state index >= 15 is 0 Å². The fraction of sp³-hybridized carbons (Fsp3) is 0.562. The van der Waals surface area contributed by atoms with Gasteiger partial charge in [-0.25, -0.2) is 0 Å². The van der Waals surface area contributed by atoms with Crippen LogP contribution in [0.25, 0.3) is 0 Å². The summed E-state index contributed by atoms with van der Waals surface area (Å²) in [5.74, 6) is 2.35. The number of hydrogen-bond acceptors (Lipinski definition) is 3. The third-order valence-corrected chi connectivity index (χ3v) is 5.15. The fourth-order valence-electron chi connectivity index (χ4n) is 2.63. The van der Waals surface area contributed by atoms with Gasteiger partial charge in [-0.15, -0.1) is 0 Å². The maximum atomic E-state index is 11.1. The Morgan fingerprint density at radius 2 is 2.15 bits per heavy atom. The van der Waals surface area contributed by atoms with Crippen LogP contribution in [0.4, 0.5) is 11.4 Å². The monoisotopic (exact) mass is 292 g/mol. The summed E-state index contributed by atoms with van der Waals surface area (Å²) in [5, 5.41) is 6.49. The molecular weight excluding hydrogens is 268 g/mol. The molecule has 1 aromatic carbocycles. The first-order chi connectivity index (χ1) is 9.35. The van der Waals surface area contributed by atoms with Gasteiger partial charge in [-0.3, -0.25) is 4.79 Å². The molecule has 0 radical (unpaired) electrons. The Morgan fingerprint density at radius 1 is 1.40 bits per heavy atom. The molecule has 0 bridgehead atoms. The number of anilines is 2. The minimum atomic E-state index is -0.0332. The number of hydrogen-bond donors (Lipinski definition) is 2. The standard InChI is InChI=1S/C16H24N2OS/c1-11-5-6-13(17-12(2)19)7-15(11)18-14-8-16(3,4)10-20-9-14/h5-7,14,18H,8-10H2,1-4H3,(H,17,19). The number of nitrogens with one attached hydrogen (secondary N) is 2. The highest BCUT2D eigenvalue weighted by atomic mass is 32.2. The molecule has 2 rings (SSSR count). The average molecular weight is 292 g/mol. The number of amides is 1. The largest absolute Gasteiger partial charge is 0.381 e. The fourth-order valence-corrected chi connectivity index (χ4v) is 3.91. The molecule has 1 amide bonds. The summed E-state index contributed by atoms with van der Waals surface area (Å²) in [4.78, 5) is 11.1. The van der Waals surface area contributed by atoms with Crippen molar-refractivity contribution in [2.45, 2.75) is 40.2 Å². The first kappa shape index (κ1) is 15.2. The zero-order valence-electron chi connectivity index (χ0n) is 12.7. The molecule has 110 valence electrons. The molecule has 0 spiro atoms. The van der Waals surface area contributed by atoms with E-state index in [1.54, 1.807) is 0 Å². The van der Waals surface area contributed by atoms with E-state index in [1.807, 2.05) is 23.9 Å². The van der Waals surface area contributed by atoms with Crippen molar-refractivity contribution < 1.29 is 4.79 Å². The average Bonchev–Trinajstić information content (AvgIpc) is 2.31. The first-order valence-electron chi connectivity index (χ1n) is 7.08. The molecule has 20 heavy (non-hydrogen) atoms. The Balaban J connectivity index is 2.10. The molecule has 1 heterocycles. The van der Waals surface area contributed by atoms with Crippen molar-refractivity contribution in [3.05, 3.63) is 23.8 Å². The molecular formula is C16H24N2OS. The van der Waals surface area contributed by atoms with E-state index < -0.39 is 0 Å². The van der Waals surface area contributed by atoms with E-state index in [4.69, 9.17) is 0 Å². The third-order valence-electron chi connectivity index (χ3n) is 3.53. The van der Waals surface area contributed by atoms with Crippen LogP contribution in [0, 0.1) is 12.3 Å². The van der Waals surface area contributed by atoms with Crippen LogP contribution in [0.3, 0.4) is 0 Å². The second-order valence-corrected chi connectivity index (χ2v) is 7.47. The normalized spacial score (nSPS) is 21.3. The molecule has 1 fully saturated rings. The van der Waals surface area contributed by atoms with Gasteiger partial charge in [0.05, 0.1) is 0 Å². The summed E-state index contributed by atoms with van der Waals surface area (Å²) < 4.78 is 0. The summed E-state index contributed by atoms with van der Waals surface area (Å²) in [6.07, 6.45) is 1.18. The van der Waals surface area contributed by atoms with Crippen LogP contribution in [0.5, 0.6) is 0 Å². The highest BCUT2D eigenvalue weighted by Crippen LogP contribution is 2.35. The first-order valence-corrected chi connectivity index (χ1v) is 8.24. The van der Waals surface area contributed by atoms with Crippen LogP contribution in [-0.2, 0) is 4.79 Å². The van der Waals surface area contributed by atoms with E-state index in [1.165, 1.54) is 24.7 Å². The summed E-state index contributed by atoms with van der Waals surface area (Å²) in [5.41, 5.74) is 3.59. The Morgan fingerprint density at radius 3 is 2.80 bits per heavy atom. The van der Waals surface area contributed by atoms with E-state index in [0.717, 1.165) is 17.1 Å². The van der Waals surface area contributed by atoms with Gasteiger partial charge in [-0.05, 0) is 42.2 Å². The molecule has 0 aromatic heterocycles. The zero-order chi connectivity index (χ0) is 14.8. The molecule has 1 aliphatic heterocycles. The lowest BCUT2D eigenvalue weighted by Gasteiger charge is -2.36. The van der Waals surface area contributed by atoms with Crippen molar-refractivity contribution in [2.75, 3.05) is 22.1 Å². The molecule has 1 atom stereocenters. The van der Waals surface area contributed by atoms with E-state index in [-0.39, 0.29) is 5.91 Å². The van der Waals surface area contributed by atoms with E-state index in [2.05, 4.69) is 37.5 Å². The van der Waals surface area contributed by atoms with Crippen molar-refractivity contribution in [1.82, 2.24) is 0 Å². The van der Waals surface area contributed by atoms with Crippen LogP contribution >= 0.6 is 11.8 Å². The summed E-state index contributed by atoms with van der Waals surface area (Å²) >= 11 is 2.02. The number of carbonyl (C=O) groups is 1. The molecule has 1 saturated heterocycles. The predicted molar refractivity (Wildman–Crippen MR) is 88.6 cm³/mol. The lowest BCUT2D eigenvalue weighted by atomic mass is 9.87. The minimum Gasteiger partial charge on any atom is -0.381 e. The third kappa shape index (κ3) is 4.17. The Bertz CT molecular complexity index is 499. The van der Waals surface area contributed by atoms with Gasteiger partial charge in [-0.1, -0.05) is 19.9 Å². The molecule has 1 aromatic rings. The molecule has 1 aliphatic rings. The van der Waals surface area contributed by atoms with Crippen LogP contribution < -0.4 is 10.6 Å². The molecule has 1 unspecified atom stereocenters. The Hall–Kier alpha value is -1.16. The highest BCUT2D eigenvalue weighted by molar-refractivity contribution is 7.99. The van der Waals surface area contributed by atoms with Gasteiger partial charge in [0.2, 0.25) is 5.91 Å². The maximum absolute atomic E-state index is 11.1. The quantitative estimate of drug-likeness (QED) is 0.888. The summed E-state index contributed by atoms with van der Waals surface area (Å²) in [6, 6.07) is 6.52. The van der Waals surface area contributed by atoms with Crippen molar-refractivity contribution in [2.24, 2.45) is 5.41 Å². The number of benzene rings is 1. The number of carbonyl (C=O) groups excluding carboxylic acids is 1. The number of aryl methyl sites for hydroxylation is 1. The van der Waals surface area contributed by atoms with Crippen molar-refractivity contribution in [3.63, 3.8) is 0 Å². The molecule has 4 heteroatoms. The maximum Gasteiger partial charge on any atom is 0.221 e. The molecule has 3 nitrogen and oxygen atoms in total. The minimum absolute atomic E-state index is 0.0332. The summed E-state index contributed by atoms with van der Waals surface area (Å²) in [6.45, 7) is 8.29. The van der Waals surface area contributed by atoms with Crippen molar-refractivity contribution in [1.29, 1.82) is 0 Å². The lowest BCUT2D eigenvalue weighted by molar-refractivity contribution is -0.114. The lowest BCUT2D eigenvalue weighted by Crippen LogP contribution is -2.35. The van der Waals surface area contributed by atoms with Crippen LogP contribution in [-0.4, -0.2) is 23.5 Å². The van der Waals surface area contributed by atoms with Crippen LogP contribution in [0.2, 0.25) is 0 Å². The smallest absolute Gasteiger partial charge is 0.221 e. The van der Waals surface area contributed by atoms with Gasteiger partial charge >= 0.3 is 0 Å². The van der Waals surface area contributed by atoms with Gasteiger partial charge in [0.1, 0.15) is 0 Å². The Kier molecular flexibility index (Phi) is 4.63. The second kappa shape index (κ2) is 6.08.